The number of nitriles is 1. The van der Waals surface area contributed by atoms with Crippen LogP contribution in [-0.4, -0.2) is 4.57 Å². The van der Waals surface area contributed by atoms with Crippen molar-refractivity contribution >= 4 is 21.8 Å². The summed E-state index contributed by atoms with van der Waals surface area (Å²) in [6.07, 6.45) is 1.91. The van der Waals surface area contributed by atoms with E-state index in [1.165, 1.54) is 71.9 Å². The number of aromatic nitrogens is 1. The lowest BCUT2D eigenvalue weighted by atomic mass is 9.93. The van der Waals surface area contributed by atoms with Gasteiger partial charge in [0.05, 0.1) is 22.7 Å². The minimum Gasteiger partial charge on any atom is -0.309 e. The lowest BCUT2D eigenvalue weighted by molar-refractivity contribution is 1.18. The van der Waals surface area contributed by atoms with Crippen molar-refractivity contribution in [2.24, 2.45) is 0 Å². The summed E-state index contributed by atoms with van der Waals surface area (Å²) < 4.78 is 2.38. The van der Waals surface area contributed by atoms with Gasteiger partial charge >= 0.3 is 0 Å². The molecule has 2 nitrogen and oxygen atoms in total. The maximum absolute atomic E-state index is 10.2. The van der Waals surface area contributed by atoms with Gasteiger partial charge in [0.15, 0.2) is 0 Å². The van der Waals surface area contributed by atoms with Crippen molar-refractivity contribution in [3.05, 3.63) is 198 Å². The van der Waals surface area contributed by atoms with Crippen LogP contribution in [0, 0.1) is 11.3 Å². The zero-order chi connectivity index (χ0) is 35.0. The number of rotatable bonds is 4. The molecule has 1 heterocycles. The molecule has 0 aliphatic heterocycles. The predicted molar refractivity (Wildman–Crippen MR) is 218 cm³/mol. The van der Waals surface area contributed by atoms with Crippen LogP contribution in [0.1, 0.15) is 27.8 Å². The van der Waals surface area contributed by atoms with Crippen molar-refractivity contribution in [3.63, 3.8) is 0 Å². The van der Waals surface area contributed by atoms with Gasteiger partial charge in [-0.2, -0.15) is 5.26 Å². The molecule has 9 aromatic rings. The van der Waals surface area contributed by atoms with E-state index in [9.17, 15) is 5.26 Å². The summed E-state index contributed by atoms with van der Waals surface area (Å²) in [4.78, 5) is 0. The molecule has 0 spiro atoms. The van der Waals surface area contributed by atoms with Gasteiger partial charge in [0.25, 0.3) is 0 Å². The van der Waals surface area contributed by atoms with Gasteiger partial charge in [-0.15, -0.1) is 0 Å². The molecule has 1 aromatic heterocycles. The summed E-state index contributed by atoms with van der Waals surface area (Å²) in [7, 11) is 0. The van der Waals surface area contributed by atoms with E-state index in [-0.39, 0.29) is 0 Å². The fraction of sp³-hybridized carbons (Fsp3) is 0.0392. The van der Waals surface area contributed by atoms with E-state index < -0.39 is 0 Å². The Hall–Kier alpha value is -6.95. The predicted octanol–water partition coefficient (Wildman–Crippen LogP) is 12.8. The van der Waals surface area contributed by atoms with Gasteiger partial charge in [-0.1, -0.05) is 109 Å². The maximum Gasteiger partial charge on any atom is 0.0992 e. The number of para-hydroxylation sites is 1. The second-order valence-electron chi connectivity index (χ2n) is 14.4. The molecule has 0 unspecified atom stereocenters. The first kappa shape index (κ1) is 29.7. The number of benzene rings is 8. The molecule has 2 aliphatic rings. The minimum absolute atomic E-state index is 0.659. The molecule has 2 aliphatic carbocycles. The summed E-state index contributed by atoms with van der Waals surface area (Å²) in [6.45, 7) is 0. The minimum atomic E-state index is 0.659. The van der Waals surface area contributed by atoms with Crippen molar-refractivity contribution in [3.8, 4) is 67.4 Å². The molecule has 0 radical (unpaired) electrons. The number of hydrogen-bond acceptors (Lipinski definition) is 1. The van der Waals surface area contributed by atoms with Crippen LogP contribution < -0.4 is 0 Å². The summed E-state index contributed by atoms with van der Waals surface area (Å²) in [5.74, 6) is 0. The van der Waals surface area contributed by atoms with Crippen LogP contribution in [0.4, 0.5) is 0 Å². The highest BCUT2D eigenvalue weighted by Crippen LogP contribution is 2.44. The lowest BCUT2D eigenvalue weighted by Gasteiger charge is -2.11. The Balaban J connectivity index is 1.08. The van der Waals surface area contributed by atoms with Crippen LogP contribution >= 0.6 is 0 Å². The monoisotopic (exact) mass is 672 g/mol. The molecular formula is C51H32N2. The summed E-state index contributed by atoms with van der Waals surface area (Å²) in [5, 5.41) is 12.6. The van der Waals surface area contributed by atoms with E-state index in [2.05, 4.69) is 168 Å². The zero-order valence-corrected chi connectivity index (χ0v) is 29.0. The van der Waals surface area contributed by atoms with Crippen LogP contribution in [0.2, 0.25) is 0 Å². The molecule has 53 heavy (non-hydrogen) atoms. The van der Waals surface area contributed by atoms with Crippen molar-refractivity contribution in [2.75, 3.05) is 0 Å². The summed E-state index contributed by atoms with van der Waals surface area (Å²) in [5.41, 5.74) is 21.8. The van der Waals surface area contributed by atoms with Crippen LogP contribution in [0.5, 0.6) is 0 Å². The summed E-state index contributed by atoms with van der Waals surface area (Å²) in [6, 6.07) is 64.1. The molecule has 11 rings (SSSR count). The first-order chi connectivity index (χ1) is 26.2. The van der Waals surface area contributed by atoms with Gasteiger partial charge < -0.3 is 4.57 Å². The topological polar surface area (TPSA) is 28.7 Å². The van der Waals surface area contributed by atoms with Crippen LogP contribution in [0.15, 0.2) is 170 Å². The molecule has 8 aromatic carbocycles. The van der Waals surface area contributed by atoms with E-state index in [0.29, 0.717) is 5.56 Å². The number of nitrogens with zero attached hydrogens (tertiary/aromatic N) is 2. The van der Waals surface area contributed by atoms with E-state index in [0.717, 1.165) is 46.3 Å². The third-order valence-electron chi connectivity index (χ3n) is 11.5. The standard InChI is InChI=1S/C51H32N2/c52-31-32-23-39(33-17-18-37-25-35-9-4-7-14-43(35)46(37)27-33)26-40(24-32)34-19-21-50-48(28-34)49-30-38(20-22-51(49)53(50)41-11-2-1-3-12-41)44-15-8-16-45-42-13-6-5-10-36(42)29-47(44)45/h1-24,26-28,30H,25,29H2. The average Bonchev–Trinajstić information content (AvgIpc) is 3.89. The third kappa shape index (κ3) is 4.65. The second-order valence-corrected chi connectivity index (χ2v) is 14.4. The SMILES string of the molecule is N#Cc1cc(-c2ccc3c(c2)-c2ccccc2C3)cc(-c2ccc3c(c2)c2cc(-c4cccc5c4Cc4ccccc4-5)ccc2n3-c2ccccc2)c1. The number of hydrogen-bond donors (Lipinski definition) is 0. The third-order valence-corrected chi connectivity index (χ3v) is 11.5. The van der Waals surface area contributed by atoms with Gasteiger partial charge in [0.2, 0.25) is 0 Å². The molecule has 2 heteroatoms. The zero-order valence-electron chi connectivity index (χ0n) is 29.0. The van der Waals surface area contributed by atoms with Crippen LogP contribution in [0.3, 0.4) is 0 Å². The van der Waals surface area contributed by atoms with Gasteiger partial charge in [-0.25, -0.2) is 0 Å². The fourth-order valence-corrected chi connectivity index (χ4v) is 8.98. The molecule has 0 saturated heterocycles. The maximum atomic E-state index is 10.2. The second kappa shape index (κ2) is 11.5. The van der Waals surface area contributed by atoms with Crippen LogP contribution in [-0.2, 0) is 12.8 Å². The largest absolute Gasteiger partial charge is 0.309 e. The Labute approximate surface area is 308 Å². The summed E-state index contributed by atoms with van der Waals surface area (Å²) >= 11 is 0. The Morgan fingerprint density at radius 3 is 1.72 bits per heavy atom. The van der Waals surface area contributed by atoms with Crippen molar-refractivity contribution in [1.82, 2.24) is 4.57 Å². The first-order valence-corrected chi connectivity index (χ1v) is 18.3. The van der Waals surface area contributed by atoms with Crippen molar-refractivity contribution in [2.45, 2.75) is 12.8 Å². The van der Waals surface area contributed by atoms with E-state index in [4.69, 9.17) is 0 Å². The van der Waals surface area contributed by atoms with Gasteiger partial charge in [0.1, 0.15) is 0 Å². The van der Waals surface area contributed by atoms with Crippen LogP contribution in [0.25, 0.3) is 83.1 Å². The molecule has 246 valence electrons. The van der Waals surface area contributed by atoms with Crippen molar-refractivity contribution < 1.29 is 0 Å². The lowest BCUT2D eigenvalue weighted by Crippen LogP contribution is -1.93. The molecule has 0 saturated carbocycles. The quantitative estimate of drug-likeness (QED) is 0.183. The average molecular weight is 673 g/mol. The van der Waals surface area contributed by atoms with E-state index in [1.54, 1.807) is 0 Å². The highest BCUT2D eigenvalue weighted by molar-refractivity contribution is 6.12. The molecule has 0 atom stereocenters. The molecule has 0 fully saturated rings. The van der Waals surface area contributed by atoms with Crippen molar-refractivity contribution in [1.29, 1.82) is 5.26 Å². The molecular weight excluding hydrogens is 641 g/mol. The molecule has 0 amide bonds. The Morgan fingerprint density at radius 1 is 0.396 bits per heavy atom. The Morgan fingerprint density at radius 2 is 0.962 bits per heavy atom. The Kier molecular flexibility index (Phi) is 6.48. The van der Waals surface area contributed by atoms with Gasteiger partial charge in [-0.05, 0) is 151 Å². The van der Waals surface area contributed by atoms with E-state index in [1.807, 2.05) is 12.1 Å². The number of fused-ring (bicyclic) bond motifs is 9. The van der Waals surface area contributed by atoms with Gasteiger partial charge in [0, 0.05) is 16.5 Å². The fourth-order valence-electron chi connectivity index (χ4n) is 8.98. The molecule has 0 N–H and O–H groups in total. The van der Waals surface area contributed by atoms with E-state index >= 15 is 0 Å². The highest BCUT2D eigenvalue weighted by Gasteiger charge is 2.23. The first-order valence-electron chi connectivity index (χ1n) is 18.3. The Bertz CT molecular complexity index is 3010. The highest BCUT2D eigenvalue weighted by atomic mass is 15.0. The normalized spacial score (nSPS) is 12.4. The van der Waals surface area contributed by atoms with Gasteiger partial charge in [-0.3, -0.25) is 0 Å². The smallest absolute Gasteiger partial charge is 0.0992 e. The molecule has 0 bridgehead atoms.